The second-order valence-corrected chi connectivity index (χ2v) is 3.57. The molecule has 0 aromatic heterocycles. The Balaban J connectivity index is 2.88. The number of benzene rings is 1. The monoisotopic (exact) mass is 254 g/mol. The molecule has 0 bridgehead atoms. The van der Waals surface area contributed by atoms with Crippen molar-refractivity contribution in [3.63, 3.8) is 0 Å². The predicted molar refractivity (Wildman–Crippen MR) is 66.5 cm³/mol. The van der Waals surface area contributed by atoms with Crippen molar-refractivity contribution in [3.05, 3.63) is 18.2 Å². The van der Waals surface area contributed by atoms with Gasteiger partial charge >= 0.3 is 5.97 Å². The molecule has 5 nitrogen and oxygen atoms in total. The molecule has 1 aromatic carbocycles. The molecular weight excluding hydrogens is 236 g/mol. The van der Waals surface area contributed by atoms with Crippen molar-refractivity contribution in [2.75, 3.05) is 13.2 Å². The predicted octanol–water partition coefficient (Wildman–Crippen LogP) is 2.34. The summed E-state index contributed by atoms with van der Waals surface area (Å²) in [5, 5.41) is 8.77. The highest BCUT2D eigenvalue weighted by Gasteiger charge is 2.14. The lowest BCUT2D eigenvalue weighted by molar-refractivity contribution is -0.144. The normalized spacial score (nSPS) is 11.7. The minimum Gasteiger partial charge on any atom is -0.490 e. The molecule has 0 spiro atoms. The molecule has 5 heteroatoms. The third-order valence-corrected chi connectivity index (χ3v) is 2.18. The zero-order valence-corrected chi connectivity index (χ0v) is 10.8. The van der Waals surface area contributed by atoms with Gasteiger partial charge in [0.2, 0.25) is 0 Å². The first kappa shape index (κ1) is 14.2. The summed E-state index contributed by atoms with van der Waals surface area (Å²) in [7, 11) is 0. The SMILES string of the molecule is CCOc1ccc(OC(C)C(=O)O)cc1OCC. The van der Waals surface area contributed by atoms with E-state index in [-0.39, 0.29) is 0 Å². The number of hydrogen-bond acceptors (Lipinski definition) is 4. The molecule has 1 N–H and O–H groups in total. The maximum absolute atomic E-state index is 10.7. The highest BCUT2D eigenvalue weighted by Crippen LogP contribution is 2.32. The van der Waals surface area contributed by atoms with E-state index < -0.39 is 12.1 Å². The molecule has 1 unspecified atom stereocenters. The molecule has 18 heavy (non-hydrogen) atoms. The summed E-state index contributed by atoms with van der Waals surface area (Å²) in [5.74, 6) is 0.600. The Morgan fingerprint density at radius 2 is 1.83 bits per heavy atom. The Labute approximate surface area is 106 Å². The van der Waals surface area contributed by atoms with Crippen LogP contribution in [0.3, 0.4) is 0 Å². The number of ether oxygens (including phenoxy) is 3. The van der Waals surface area contributed by atoms with Gasteiger partial charge in [-0.05, 0) is 32.9 Å². The first-order valence-corrected chi connectivity index (χ1v) is 5.87. The van der Waals surface area contributed by atoms with Gasteiger partial charge in [-0.3, -0.25) is 0 Å². The Morgan fingerprint density at radius 3 is 2.39 bits per heavy atom. The topological polar surface area (TPSA) is 65.0 Å². The summed E-state index contributed by atoms with van der Waals surface area (Å²) in [4.78, 5) is 10.7. The number of rotatable bonds is 7. The Morgan fingerprint density at radius 1 is 1.22 bits per heavy atom. The van der Waals surface area contributed by atoms with Crippen molar-refractivity contribution >= 4 is 5.97 Å². The molecule has 0 radical (unpaired) electrons. The van der Waals surface area contributed by atoms with E-state index in [9.17, 15) is 4.79 Å². The lowest BCUT2D eigenvalue weighted by atomic mass is 10.3. The maximum atomic E-state index is 10.7. The number of aliphatic carboxylic acids is 1. The molecule has 0 aliphatic heterocycles. The van der Waals surface area contributed by atoms with E-state index in [1.807, 2.05) is 13.8 Å². The third-order valence-electron chi connectivity index (χ3n) is 2.18. The molecule has 100 valence electrons. The zero-order valence-electron chi connectivity index (χ0n) is 10.8. The van der Waals surface area contributed by atoms with Crippen molar-refractivity contribution in [3.8, 4) is 17.2 Å². The van der Waals surface area contributed by atoms with Crippen LogP contribution in [0.5, 0.6) is 17.2 Å². The van der Waals surface area contributed by atoms with Gasteiger partial charge in [0.05, 0.1) is 13.2 Å². The standard InChI is InChI=1S/C13H18O5/c1-4-16-11-7-6-10(8-12(11)17-5-2)18-9(3)13(14)15/h6-9H,4-5H2,1-3H3,(H,14,15). The maximum Gasteiger partial charge on any atom is 0.344 e. The molecular formula is C13H18O5. The van der Waals surface area contributed by atoms with Crippen molar-refractivity contribution < 1.29 is 24.1 Å². The molecule has 0 saturated carbocycles. The van der Waals surface area contributed by atoms with Gasteiger partial charge in [-0.2, -0.15) is 0 Å². The molecule has 0 fully saturated rings. The average Bonchev–Trinajstić information content (AvgIpc) is 2.33. The Hall–Kier alpha value is -1.91. The van der Waals surface area contributed by atoms with Gasteiger partial charge in [-0.1, -0.05) is 0 Å². The molecule has 1 atom stereocenters. The van der Waals surface area contributed by atoms with E-state index >= 15 is 0 Å². The number of carbonyl (C=O) groups is 1. The van der Waals surface area contributed by atoms with Crippen LogP contribution in [-0.2, 0) is 4.79 Å². The van der Waals surface area contributed by atoms with Crippen LogP contribution < -0.4 is 14.2 Å². The van der Waals surface area contributed by atoms with Crippen LogP contribution in [0.25, 0.3) is 0 Å². The van der Waals surface area contributed by atoms with Gasteiger partial charge < -0.3 is 19.3 Å². The van der Waals surface area contributed by atoms with Crippen LogP contribution in [0.4, 0.5) is 0 Å². The molecule has 0 amide bonds. The molecule has 1 aromatic rings. The van der Waals surface area contributed by atoms with Gasteiger partial charge in [0, 0.05) is 6.07 Å². The van der Waals surface area contributed by atoms with Crippen LogP contribution in [0.2, 0.25) is 0 Å². The van der Waals surface area contributed by atoms with E-state index in [1.54, 1.807) is 18.2 Å². The molecule has 0 saturated heterocycles. The van der Waals surface area contributed by atoms with Crippen LogP contribution in [0, 0.1) is 0 Å². The lowest BCUT2D eigenvalue weighted by Gasteiger charge is -2.14. The van der Waals surface area contributed by atoms with Crippen molar-refractivity contribution in [1.82, 2.24) is 0 Å². The summed E-state index contributed by atoms with van der Waals surface area (Å²) in [5.41, 5.74) is 0. The smallest absolute Gasteiger partial charge is 0.344 e. The summed E-state index contributed by atoms with van der Waals surface area (Å²) in [6.07, 6.45) is -0.905. The van der Waals surface area contributed by atoms with E-state index in [0.29, 0.717) is 30.5 Å². The molecule has 0 heterocycles. The van der Waals surface area contributed by atoms with Crippen molar-refractivity contribution in [1.29, 1.82) is 0 Å². The van der Waals surface area contributed by atoms with E-state index in [0.717, 1.165) is 0 Å². The number of carboxylic acids is 1. The van der Waals surface area contributed by atoms with E-state index in [2.05, 4.69) is 0 Å². The van der Waals surface area contributed by atoms with E-state index in [4.69, 9.17) is 19.3 Å². The Bertz CT molecular complexity index is 402. The van der Waals surface area contributed by atoms with Gasteiger partial charge in [0.25, 0.3) is 0 Å². The molecule has 0 aliphatic carbocycles. The third kappa shape index (κ3) is 3.84. The lowest BCUT2D eigenvalue weighted by Crippen LogP contribution is -2.22. The summed E-state index contributed by atoms with van der Waals surface area (Å²) < 4.78 is 16.1. The summed E-state index contributed by atoms with van der Waals surface area (Å²) >= 11 is 0. The number of hydrogen-bond donors (Lipinski definition) is 1. The second-order valence-electron chi connectivity index (χ2n) is 3.57. The summed E-state index contributed by atoms with van der Waals surface area (Å²) in [6.45, 7) is 6.25. The van der Waals surface area contributed by atoms with Crippen LogP contribution in [0.15, 0.2) is 18.2 Å². The fourth-order valence-corrected chi connectivity index (χ4v) is 1.36. The number of carboxylic acid groups (broad SMARTS) is 1. The zero-order chi connectivity index (χ0) is 13.5. The summed E-state index contributed by atoms with van der Waals surface area (Å²) in [6, 6.07) is 5.00. The van der Waals surface area contributed by atoms with Gasteiger partial charge in [-0.25, -0.2) is 4.79 Å². The highest BCUT2D eigenvalue weighted by atomic mass is 16.5. The first-order valence-electron chi connectivity index (χ1n) is 5.87. The Kier molecular flexibility index (Phi) is 5.30. The van der Waals surface area contributed by atoms with Crippen LogP contribution >= 0.6 is 0 Å². The van der Waals surface area contributed by atoms with E-state index in [1.165, 1.54) is 6.92 Å². The van der Waals surface area contributed by atoms with Gasteiger partial charge in [0.1, 0.15) is 5.75 Å². The van der Waals surface area contributed by atoms with Crippen molar-refractivity contribution in [2.45, 2.75) is 26.9 Å². The van der Waals surface area contributed by atoms with Gasteiger partial charge in [-0.15, -0.1) is 0 Å². The molecule has 0 aliphatic rings. The average molecular weight is 254 g/mol. The molecule has 1 rings (SSSR count). The fraction of sp³-hybridized carbons (Fsp3) is 0.462. The minimum atomic E-state index is -1.01. The quantitative estimate of drug-likeness (QED) is 0.809. The van der Waals surface area contributed by atoms with Gasteiger partial charge in [0.15, 0.2) is 17.6 Å². The highest BCUT2D eigenvalue weighted by molar-refractivity contribution is 5.72. The van der Waals surface area contributed by atoms with Crippen LogP contribution in [-0.4, -0.2) is 30.4 Å². The van der Waals surface area contributed by atoms with Crippen LogP contribution in [0.1, 0.15) is 20.8 Å². The largest absolute Gasteiger partial charge is 0.490 e. The first-order chi connectivity index (χ1) is 8.58. The second kappa shape index (κ2) is 6.74. The minimum absolute atomic E-state index is 0.441. The van der Waals surface area contributed by atoms with Crippen molar-refractivity contribution in [2.24, 2.45) is 0 Å². The fourth-order valence-electron chi connectivity index (χ4n) is 1.36.